The van der Waals surface area contributed by atoms with Gasteiger partial charge < -0.3 is 9.72 Å². The third-order valence-electron chi connectivity index (χ3n) is 4.42. The molecule has 4 rings (SSSR count). The van der Waals surface area contributed by atoms with E-state index in [0.29, 0.717) is 16.7 Å². The van der Waals surface area contributed by atoms with Crippen molar-refractivity contribution in [2.24, 2.45) is 0 Å². The van der Waals surface area contributed by atoms with Gasteiger partial charge in [0.05, 0.1) is 5.69 Å². The Bertz CT molecular complexity index is 1090. The summed E-state index contributed by atoms with van der Waals surface area (Å²) in [6.45, 7) is 2.49. The number of halogens is 2. The number of benzene rings is 3. The highest BCUT2D eigenvalue weighted by Crippen LogP contribution is 2.28. The minimum Gasteiger partial charge on any atom is -0.489 e. The highest BCUT2D eigenvalue weighted by molar-refractivity contribution is 6.30. The number of ether oxygens (including phenoxy) is 1. The summed E-state index contributed by atoms with van der Waals surface area (Å²) in [5.74, 6) is 1.62. The van der Waals surface area contributed by atoms with Crippen molar-refractivity contribution in [3.63, 3.8) is 0 Å². The SMILES string of the molecule is Cc1[nH]c(-c2ccc(OCc3cccc(Cl)c3)cc2)nc1-c1ccc(Cl)cc1. The summed E-state index contributed by atoms with van der Waals surface area (Å²) < 4.78 is 5.85. The van der Waals surface area contributed by atoms with Gasteiger partial charge in [0, 0.05) is 26.9 Å². The molecule has 0 bridgehead atoms. The summed E-state index contributed by atoms with van der Waals surface area (Å²) in [5.41, 5.74) is 5.00. The second kappa shape index (κ2) is 8.09. The van der Waals surface area contributed by atoms with Gasteiger partial charge in [0.1, 0.15) is 18.2 Å². The van der Waals surface area contributed by atoms with Crippen molar-refractivity contribution in [3.05, 3.63) is 94.1 Å². The van der Waals surface area contributed by atoms with Gasteiger partial charge >= 0.3 is 0 Å². The molecule has 0 aliphatic carbocycles. The summed E-state index contributed by atoms with van der Waals surface area (Å²) in [5, 5.41) is 1.42. The fourth-order valence-electron chi connectivity index (χ4n) is 2.99. The molecule has 140 valence electrons. The maximum absolute atomic E-state index is 6.01. The third-order valence-corrected chi connectivity index (χ3v) is 4.91. The average Bonchev–Trinajstić information content (AvgIpc) is 3.09. The van der Waals surface area contributed by atoms with Crippen LogP contribution in [0.5, 0.6) is 5.75 Å². The Kier molecular flexibility index (Phi) is 5.38. The topological polar surface area (TPSA) is 37.9 Å². The molecule has 0 fully saturated rings. The second-order valence-electron chi connectivity index (χ2n) is 6.51. The molecule has 0 amide bonds. The summed E-state index contributed by atoms with van der Waals surface area (Å²) >= 11 is 12.0. The van der Waals surface area contributed by atoms with Crippen molar-refractivity contribution in [1.29, 1.82) is 0 Å². The van der Waals surface area contributed by atoms with Crippen LogP contribution in [0.2, 0.25) is 10.0 Å². The van der Waals surface area contributed by atoms with Crippen molar-refractivity contribution in [3.8, 4) is 28.4 Å². The lowest BCUT2D eigenvalue weighted by atomic mass is 10.1. The number of aromatic amines is 1. The third kappa shape index (κ3) is 4.22. The number of aryl methyl sites for hydroxylation is 1. The summed E-state index contributed by atoms with van der Waals surface area (Å²) in [6.07, 6.45) is 0. The number of hydrogen-bond acceptors (Lipinski definition) is 2. The van der Waals surface area contributed by atoms with Crippen LogP contribution in [0.4, 0.5) is 0 Å². The van der Waals surface area contributed by atoms with Gasteiger partial charge in [-0.25, -0.2) is 4.98 Å². The molecule has 0 saturated heterocycles. The van der Waals surface area contributed by atoms with Crippen molar-refractivity contribution >= 4 is 23.2 Å². The molecule has 0 unspecified atom stereocenters. The number of aromatic nitrogens is 2. The molecule has 1 N–H and O–H groups in total. The number of rotatable bonds is 5. The molecule has 0 aliphatic heterocycles. The first-order valence-electron chi connectivity index (χ1n) is 8.89. The van der Waals surface area contributed by atoms with Crippen LogP contribution in [0.1, 0.15) is 11.3 Å². The standard InChI is InChI=1S/C23H18Cl2N2O/c1-15-22(17-5-9-19(24)10-6-17)27-23(26-15)18-7-11-21(12-8-18)28-14-16-3-2-4-20(25)13-16/h2-13H,14H2,1H3,(H,26,27). The van der Waals surface area contributed by atoms with Crippen LogP contribution in [-0.4, -0.2) is 9.97 Å². The van der Waals surface area contributed by atoms with E-state index in [1.807, 2.05) is 79.7 Å². The predicted octanol–water partition coefficient (Wildman–Crippen LogP) is 6.94. The van der Waals surface area contributed by atoms with E-state index in [-0.39, 0.29) is 0 Å². The van der Waals surface area contributed by atoms with Gasteiger partial charge in [0.2, 0.25) is 0 Å². The van der Waals surface area contributed by atoms with Crippen LogP contribution < -0.4 is 4.74 Å². The first-order chi connectivity index (χ1) is 13.6. The second-order valence-corrected chi connectivity index (χ2v) is 7.38. The highest BCUT2D eigenvalue weighted by atomic mass is 35.5. The zero-order chi connectivity index (χ0) is 19.5. The maximum atomic E-state index is 6.01. The molecule has 1 heterocycles. The van der Waals surface area contributed by atoms with Gasteiger partial charge in [-0.3, -0.25) is 0 Å². The van der Waals surface area contributed by atoms with E-state index in [1.54, 1.807) is 0 Å². The van der Waals surface area contributed by atoms with Gasteiger partial charge in [-0.05, 0) is 61.0 Å². The molecule has 0 spiro atoms. The Balaban J connectivity index is 1.49. The Hall–Kier alpha value is -2.75. The van der Waals surface area contributed by atoms with E-state index in [4.69, 9.17) is 32.9 Å². The number of hydrogen-bond donors (Lipinski definition) is 1. The van der Waals surface area contributed by atoms with Crippen LogP contribution in [0.3, 0.4) is 0 Å². The van der Waals surface area contributed by atoms with E-state index in [0.717, 1.165) is 39.7 Å². The average molecular weight is 409 g/mol. The maximum Gasteiger partial charge on any atom is 0.138 e. The number of imidazole rings is 1. The molecule has 0 aliphatic rings. The van der Waals surface area contributed by atoms with E-state index in [1.165, 1.54) is 0 Å². The van der Waals surface area contributed by atoms with E-state index in [9.17, 15) is 0 Å². The Morgan fingerprint density at radius 2 is 1.57 bits per heavy atom. The molecular formula is C23H18Cl2N2O. The quantitative estimate of drug-likeness (QED) is 0.388. The molecule has 3 nitrogen and oxygen atoms in total. The first kappa shape index (κ1) is 18.6. The smallest absolute Gasteiger partial charge is 0.138 e. The summed E-state index contributed by atoms with van der Waals surface area (Å²) in [7, 11) is 0. The van der Waals surface area contributed by atoms with Crippen molar-refractivity contribution in [2.75, 3.05) is 0 Å². The molecule has 3 aromatic carbocycles. The van der Waals surface area contributed by atoms with Gasteiger partial charge in [0.15, 0.2) is 0 Å². The Labute approximate surface area is 173 Å². The molecule has 0 saturated carbocycles. The Morgan fingerprint density at radius 3 is 2.29 bits per heavy atom. The lowest BCUT2D eigenvalue weighted by Gasteiger charge is -2.07. The summed E-state index contributed by atoms with van der Waals surface area (Å²) in [6, 6.07) is 23.2. The van der Waals surface area contributed by atoms with Crippen LogP contribution in [0, 0.1) is 6.92 Å². The zero-order valence-electron chi connectivity index (χ0n) is 15.2. The molecule has 0 atom stereocenters. The van der Waals surface area contributed by atoms with Gasteiger partial charge in [0.25, 0.3) is 0 Å². The van der Waals surface area contributed by atoms with Crippen molar-refractivity contribution < 1.29 is 4.74 Å². The first-order valence-corrected chi connectivity index (χ1v) is 9.64. The monoisotopic (exact) mass is 408 g/mol. The predicted molar refractivity (Wildman–Crippen MR) is 115 cm³/mol. The minimum absolute atomic E-state index is 0.473. The van der Waals surface area contributed by atoms with Crippen LogP contribution in [0.25, 0.3) is 22.6 Å². The normalized spacial score (nSPS) is 10.8. The van der Waals surface area contributed by atoms with E-state index in [2.05, 4.69) is 4.98 Å². The van der Waals surface area contributed by atoms with Gasteiger partial charge in [-0.1, -0.05) is 47.5 Å². The fourth-order valence-corrected chi connectivity index (χ4v) is 3.33. The Morgan fingerprint density at radius 1 is 0.857 bits per heavy atom. The fraction of sp³-hybridized carbons (Fsp3) is 0.0870. The number of nitrogens with zero attached hydrogens (tertiary/aromatic N) is 1. The molecular weight excluding hydrogens is 391 g/mol. The van der Waals surface area contributed by atoms with Gasteiger partial charge in [-0.2, -0.15) is 0 Å². The molecule has 1 aromatic heterocycles. The zero-order valence-corrected chi connectivity index (χ0v) is 16.8. The number of H-pyrrole nitrogens is 1. The molecule has 5 heteroatoms. The minimum atomic E-state index is 0.473. The molecule has 4 aromatic rings. The lowest BCUT2D eigenvalue weighted by molar-refractivity contribution is 0.306. The number of nitrogens with one attached hydrogen (secondary N) is 1. The van der Waals surface area contributed by atoms with Crippen LogP contribution in [-0.2, 0) is 6.61 Å². The van der Waals surface area contributed by atoms with Crippen LogP contribution in [0.15, 0.2) is 72.8 Å². The molecule has 28 heavy (non-hydrogen) atoms. The highest BCUT2D eigenvalue weighted by Gasteiger charge is 2.11. The van der Waals surface area contributed by atoms with Crippen molar-refractivity contribution in [1.82, 2.24) is 9.97 Å². The lowest BCUT2D eigenvalue weighted by Crippen LogP contribution is -1.95. The molecule has 0 radical (unpaired) electrons. The summed E-state index contributed by atoms with van der Waals surface area (Å²) in [4.78, 5) is 8.12. The van der Waals surface area contributed by atoms with Crippen LogP contribution >= 0.6 is 23.2 Å². The van der Waals surface area contributed by atoms with Gasteiger partial charge in [-0.15, -0.1) is 0 Å². The van der Waals surface area contributed by atoms with Crippen molar-refractivity contribution in [2.45, 2.75) is 13.5 Å². The largest absolute Gasteiger partial charge is 0.489 e. The van der Waals surface area contributed by atoms with E-state index >= 15 is 0 Å². The van der Waals surface area contributed by atoms with E-state index < -0.39 is 0 Å².